The van der Waals surface area contributed by atoms with Crippen molar-refractivity contribution < 1.29 is 19.7 Å². The molecule has 0 radical (unpaired) electrons. The Bertz CT molecular complexity index is 819. The Hall–Kier alpha value is -1.49. The van der Waals surface area contributed by atoms with Gasteiger partial charge in [-0.1, -0.05) is 30.7 Å². The number of fused-ring (bicyclic) bond motifs is 6. The predicted octanol–water partition coefficient (Wildman–Crippen LogP) is 3.77. The van der Waals surface area contributed by atoms with Crippen molar-refractivity contribution >= 4 is 22.4 Å². The summed E-state index contributed by atoms with van der Waals surface area (Å²) in [5.41, 5.74) is 2.47. The van der Waals surface area contributed by atoms with E-state index in [1.165, 1.54) is 11.1 Å². The Kier molecular flexibility index (Phi) is 4.30. The molecule has 2 N–H and O–H groups in total. The standard InChI is InChI=1S/C20H23ClO4/c1-20-6-5-12(11-20)15-17(20)18(24-9-7-22)13-3-2-4-14(21)16(13)19(15)25-10-8-23/h2-4,12,22-23H,5-11H2,1H3. The van der Waals surface area contributed by atoms with Crippen LogP contribution in [0.1, 0.15) is 43.2 Å². The van der Waals surface area contributed by atoms with Crippen LogP contribution in [-0.4, -0.2) is 36.6 Å². The molecule has 1 fully saturated rings. The normalized spacial score (nSPS) is 23.9. The lowest BCUT2D eigenvalue weighted by molar-refractivity contribution is 0.197. The molecule has 2 unspecified atom stereocenters. The summed E-state index contributed by atoms with van der Waals surface area (Å²) < 4.78 is 12.0. The molecule has 0 saturated heterocycles. The highest BCUT2D eigenvalue weighted by atomic mass is 35.5. The number of ether oxygens (including phenoxy) is 2. The van der Waals surface area contributed by atoms with Crippen LogP contribution in [0.2, 0.25) is 5.02 Å². The summed E-state index contributed by atoms with van der Waals surface area (Å²) in [5.74, 6) is 2.07. The summed E-state index contributed by atoms with van der Waals surface area (Å²) in [6.07, 6.45) is 3.35. The fourth-order valence-corrected chi connectivity index (χ4v) is 5.01. The van der Waals surface area contributed by atoms with Crippen molar-refractivity contribution in [2.75, 3.05) is 26.4 Å². The maximum Gasteiger partial charge on any atom is 0.132 e. The molecular formula is C20H23ClO4. The summed E-state index contributed by atoms with van der Waals surface area (Å²) in [4.78, 5) is 0. The number of hydrogen-bond acceptors (Lipinski definition) is 4. The van der Waals surface area contributed by atoms with Gasteiger partial charge in [-0.3, -0.25) is 0 Å². The first-order valence-corrected chi connectivity index (χ1v) is 9.24. The molecule has 4 rings (SSSR count). The average molecular weight is 363 g/mol. The maximum atomic E-state index is 9.27. The number of aliphatic hydroxyl groups excluding tert-OH is 2. The van der Waals surface area contributed by atoms with Gasteiger partial charge in [-0.15, -0.1) is 0 Å². The molecule has 2 aliphatic carbocycles. The summed E-state index contributed by atoms with van der Waals surface area (Å²) >= 11 is 6.54. The number of benzene rings is 2. The zero-order valence-corrected chi connectivity index (χ0v) is 15.1. The van der Waals surface area contributed by atoms with Crippen LogP contribution in [0.5, 0.6) is 11.5 Å². The number of aliphatic hydroxyl groups is 2. The molecule has 134 valence electrons. The zero-order chi connectivity index (χ0) is 17.6. The van der Waals surface area contributed by atoms with Crippen LogP contribution in [0.25, 0.3) is 10.8 Å². The molecule has 25 heavy (non-hydrogen) atoms. The van der Waals surface area contributed by atoms with Gasteiger partial charge in [0.2, 0.25) is 0 Å². The van der Waals surface area contributed by atoms with Crippen molar-refractivity contribution in [1.29, 1.82) is 0 Å². The van der Waals surface area contributed by atoms with E-state index >= 15 is 0 Å². The van der Waals surface area contributed by atoms with E-state index in [2.05, 4.69) is 6.92 Å². The van der Waals surface area contributed by atoms with E-state index in [9.17, 15) is 10.2 Å². The van der Waals surface area contributed by atoms with E-state index in [4.69, 9.17) is 21.1 Å². The van der Waals surface area contributed by atoms with E-state index in [0.29, 0.717) is 10.9 Å². The van der Waals surface area contributed by atoms with Gasteiger partial charge >= 0.3 is 0 Å². The second-order valence-corrected chi connectivity index (χ2v) is 7.66. The molecule has 5 heteroatoms. The SMILES string of the molecule is CC12CCC(C1)c1c2c(OCCO)c2cccc(Cl)c2c1OCCO. The highest BCUT2D eigenvalue weighted by Gasteiger charge is 2.50. The van der Waals surface area contributed by atoms with Crippen molar-refractivity contribution in [2.45, 2.75) is 37.5 Å². The molecule has 1 saturated carbocycles. The van der Waals surface area contributed by atoms with Gasteiger partial charge < -0.3 is 19.7 Å². The number of halogens is 1. The van der Waals surface area contributed by atoms with Gasteiger partial charge in [-0.05, 0) is 36.7 Å². The molecule has 2 aromatic carbocycles. The van der Waals surface area contributed by atoms with Gasteiger partial charge in [0.05, 0.1) is 18.2 Å². The van der Waals surface area contributed by atoms with Crippen LogP contribution in [0, 0.1) is 0 Å². The lowest BCUT2D eigenvalue weighted by Gasteiger charge is -2.30. The summed E-state index contributed by atoms with van der Waals surface area (Å²) in [6.45, 7) is 2.72. The molecule has 4 nitrogen and oxygen atoms in total. The molecule has 0 spiro atoms. The molecule has 2 atom stereocenters. The minimum absolute atomic E-state index is 0.0280. The molecule has 0 heterocycles. The zero-order valence-electron chi connectivity index (χ0n) is 14.3. The molecular weight excluding hydrogens is 340 g/mol. The lowest BCUT2D eigenvalue weighted by atomic mass is 9.78. The Balaban J connectivity index is 2.05. The minimum atomic E-state index is -0.0363. The lowest BCUT2D eigenvalue weighted by Crippen LogP contribution is -2.19. The monoisotopic (exact) mass is 362 g/mol. The van der Waals surface area contributed by atoms with Gasteiger partial charge in [0.25, 0.3) is 0 Å². The number of rotatable bonds is 6. The maximum absolute atomic E-state index is 9.27. The Morgan fingerprint density at radius 2 is 1.88 bits per heavy atom. The van der Waals surface area contributed by atoms with Gasteiger partial charge in [0.1, 0.15) is 24.7 Å². The predicted molar refractivity (Wildman–Crippen MR) is 98.1 cm³/mol. The minimum Gasteiger partial charge on any atom is -0.490 e. The third-order valence-corrected chi connectivity index (χ3v) is 5.97. The van der Waals surface area contributed by atoms with Gasteiger partial charge in [-0.2, -0.15) is 0 Å². The van der Waals surface area contributed by atoms with Crippen LogP contribution in [0.15, 0.2) is 18.2 Å². The molecule has 0 aliphatic heterocycles. The summed E-state index contributed by atoms with van der Waals surface area (Å²) in [5, 5.41) is 20.9. The van der Waals surface area contributed by atoms with Crippen molar-refractivity contribution in [3.8, 4) is 11.5 Å². The van der Waals surface area contributed by atoms with E-state index in [1.54, 1.807) is 0 Å². The highest BCUT2D eigenvalue weighted by molar-refractivity contribution is 6.36. The quantitative estimate of drug-likeness (QED) is 0.821. The Morgan fingerprint density at radius 1 is 1.16 bits per heavy atom. The third-order valence-electron chi connectivity index (χ3n) is 5.65. The second kappa shape index (κ2) is 6.35. The Morgan fingerprint density at radius 3 is 2.60 bits per heavy atom. The first kappa shape index (κ1) is 17.0. The van der Waals surface area contributed by atoms with Crippen molar-refractivity contribution in [3.05, 3.63) is 34.3 Å². The van der Waals surface area contributed by atoms with Gasteiger partial charge in [0.15, 0.2) is 0 Å². The van der Waals surface area contributed by atoms with E-state index in [1.807, 2.05) is 18.2 Å². The van der Waals surface area contributed by atoms with Gasteiger partial charge in [0, 0.05) is 21.9 Å². The fraction of sp³-hybridized carbons (Fsp3) is 0.500. The topological polar surface area (TPSA) is 58.9 Å². The first-order valence-electron chi connectivity index (χ1n) is 8.86. The Labute approximate surface area is 152 Å². The first-order chi connectivity index (χ1) is 12.1. The van der Waals surface area contributed by atoms with Crippen molar-refractivity contribution in [2.24, 2.45) is 0 Å². The van der Waals surface area contributed by atoms with Crippen molar-refractivity contribution in [3.63, 3.8) is 0 Å². The largest absolute Gasteiger partial charge is 0.490 e. The molecule has 0 aromatic heterocycles. The molecule has 2 aromatic rings. The highest BCUT2D eigenvalue weighted by Crippen LogP contribution is 2.64. The molecule has 0 amide bonds. The third kappa shape index (κ3) is 2.50. The van der Waals surface area contributed by atoms with Crippen LogP contribution >= 0.6 is 11.6 Å². The average Bonchev–Trinajstić information content (AvgIpc) is 3.13. The number of hydrogen-bond donors (Lipinski definition) is 2. The molecule has 2 aliphatic rings. The fourth-order valence-electron chi connectivity index (χ4n) is 4.75. The van der Waals surface area contributed by atoms with Gasteiger partial charge in [-0.25, -0.2) is 0 Å². The molecule has 2 bridgehead atoms. The summed E-state index contributed by atoms with van der Waals surface area (Å²) in [7, 11) is 0. The van der Waals surface area contributed by atoms with Crippen LogP contribution in [0.4, 0.5) is 0 Å². The van der Waals surface area contributed by atoms with Crippen molar-refractivity contribution in [1.82, 2.24) is 0 Å². The van der Waals surface area contributed by atoms with Crippen LogP contribution in [0.3, 0.4) is 0 Å². The van der Waals surface area contributed by atoms with E-state index in [-0.39, 0.29) is 31.8 Å². The summed E-state index contributed by atoms with van der Waals surface area (Å²) in [6, 6.07) is 5.76. The second-order valence-electron chi connectivity index (χ2n) is 7.25. The smallest absolute Gasteiger partial charge is 0.132 e. The van der Waals surface area contributed by atoms with Crippen LogP contribution in [-0.2, 0) is 5.41 Å². The van der Waals surface area contributed by atoms with E-state index in [0.717, 1.165) is 41.5 Å². The van der Waals surface area contributed by atoms with Crippen LogP contribution < -0.4 is 9.47 Å². The van der Waals surface area contributed by atoms with E-state index < -0.39 is 0 Å².